The summed E-state index contributed by atoms with van der Waals surface area (Å²) in [6.45, 7) is 0. The zero-order valence-corrected chi connectivity index (χ0v) is 14.4. The Morgan fingerprint density at radius 3 is 2.73 bits per heavy atom. The molecule has 4 rings (SSSR count). The van der Waals surface area contributed by atoms with E-state index < -0.39 is 5.91 Å². The number of amides is 2. The van der Waals surface area contributed by atoms with Gasteiger partial charge in [0.25, 0.3) is 5.91 Å². The van der Waals surface area contributed by atoms with Crippen molar-refractivity contribution in [3.8, 4) is 6.07 Å². The van der Waals surface area contributed by atoms with E-state index in [1.165, 1.54) is 0 Å². The fourth-order valence-corrected chi connectivity index (χ4v) is 4.60. The number of allylic oxidation sites excluding steroid dienone is 1. The summed E-state index contributed by atoms with van der Waals surface area (Å²) in [6, 6.07) is 2.45. The molecule has 3 aliphatic rings. The number of fused-ring (bicyclic) bond motifs is 3. The third kappa shape index (κ3) is 2.71. The van der Waals surface area contributed by atoms with Gasteiger partial charge in [-0.2, -0.15) is 5.26 Å². The molecule has 7 heteroatoms. The summed E-state index contributed by atoms with van der Waals surface area (Å²) in [5.41, 5.74) is 8.61. The maximum absolute atomic E-state index is 12.2. The number of nitrogens with two attached hydrogens (primary N) is 1. The van der Waals surface area contributed by atoms with Gasteiger partial charge in [-0.1, -0.05) is 12.2 Å². The van der Waals surface area contributed by atoms with Gasteiger partial charge in [0.15, 0.2) is 0 Å². The van der Waals surface area contributed by atoms with E-state index in [0.29, 0.717) is 5.56 Å². The molecule has 0 spiro atoms. The van der Waals surface area contributed by atoms with Gasteiger partial charge < -0.3 is 16.0 Å². The first-order valence-electron chi connectivity index (χ1n) is 9.01. The molecule has 1 aromatic rings. The molecule has 1 unspecified atom stereocenters. The summed E-state index contributed by atoms with van der Waals surface area (Å²) in [6.07, 6.45) is 9.83. The van der Waals surface area contributed by atoms with E-state index in [2.05, 4.69) is 10.3 Å². The zero-order valence-electron chi connectivity index (χ0n) is 14.4. The van der Waals surface area contributed by atoms with Crippen molar-refractivity contribution in [2.24, 2.45) is 5.73 Å². The lowest BCUT2D eigenvalue weighted by Crippen LogP contribution is -2.49. The van der Waals surface area contributed by atoms with Crippen LogP contribution in [0.5, 0.6) is 0 Å². The number of rotatable bonds is 4. The number of pyridine rings is 1. The molecule has 0 radical (unpaired) electrons. The van der Waals surface area contributed by atoms with Crippen molar-refractivity contribution in [1.29, 1.82) is 5.26 Å². The van der Waals surface area contributed by atoms with Gasteiger partial charge in [-0.25, -0.2) is 0 Å². The van der Waals surface area contributed by atoms with Crippen molar-refractivity contribution < 1.29 is 9.59 Å². The molecule has 134 valence electrons. The maximum atomic E-state index is 12.2. The Morgan fingerprint density at radius 1 is 1.35 bits per heavy atom. The number of carbonyl (C=O) groups is 2. The highest BCUT2D eigenvalue weighted by Crippen LogP contribution is 2.38. The van der Waals surface area contributed by atoms with Crippen molar-refractivity contribution in [3.63, 3.8) is 0 Å². The molecule has 26 heavy (non-hydrogen) atoms. The smallest absolute Gasteiger partial charge is 0.252 e. The van der Waals surface area contributed by atoms with Crippen molar-refractivity contribution in [2.75, 3.05) is 5.32 Å². The number of piperidine rings is 1. The molecular formula is C19H21N5O2. The van der Waals surface area contributed by atoms with Gasteiger partial charge >= 0.3 is 0 Å². The van der Waals surface area contributed by atoms with Gasteiger partial charge in [-0.15, -0.1) is 0 Å². The second-order valence-electron chi connectivity index (χ2n) is 7.21. The molecule has 3 N–H and O–H groups in total. The Kier molecular flexibility index (Phi) is 4.11. The molecule has 0 aromatic carbocycles. The molecule has 3 atom stereocenters. The minimum atomic E-state index is -0.493. The van der Waals surface area contributed by atoms with E-state index in [-0.39, 0.29) is 30.5 Å². The van der Waals surface area contributed by atoms with Gasteiger partial charge in [0.1, 0.15) is 6.42 Å². The summed E-state index contributed by atoms with van der Waals surface area (Å²) in [7, 11) is 0. The van der Waals surface area contributed by atoms with Crippen molar-refractivity contribution in [2.45, 2.75) is 56.7 Å². The standard InChI is InChI=1S/C19H21N5O2/c20-7-6-17(25)24-12-4-5-13(24)9-11(8-12)23-18-14-2-1-3-16(14)22-10-15(18)19(21)26/h1-2,10-13H,3-6,8-9H2,(H2,21,26)(H,22,23)/t11?,12-,13+. The molecule has 0 saturated carbocycles. The molecule has 2 amide bonds. The van der Waals surface area contributed by atoms with Gasteiger partial charge in [-0.3, -0.25) is 14.6 Å². The van der Waals surface area contributed by atoms with Crippen LogP contribution in [0.1, 0.15) is 53.7 Å². The Bertz CT molecular complexity index is 827. The lowest BCUT2D eigenvalue weighted by atomic mass is 9.95. The molecule has 2 fully saturated rings. The fourth-order valence-electron chi connectivity index (χ4n) is 4.60. The van der Waals surface area contributed by atoms with Crippen LogP contribution in [0.3, 0.4) is 0 Å². The first-order chi connectivity index (χ1) is 12.6. The molecule has 1 aliphatic carbocycles. The third-order valence-electron chi connectivity index (χ3n) is 5.66. The van der Waals surface area contributed by atoms with Crippen LogP contribution < -0.4 is 11.1 Å². The summed E-state index contributed by atoms with van der Waals surface area (Å²) >= 11 is 0. The molecule has 7 nitrogen and oxygen atoms in total. The Hall–Kier alpha value is -2.88. The minimum absolute atomic E-state index is 0.0560. The fraction of sp³-hybridized carbons (Fsp3) is 0.474. The molecule has 1 aromatic heterocycles. The summed E-state index contributed by atoms with van der Waals surface area (Å²) in [5, 5.41) is 12.3. The van der Waals surface area contributed by atoms with Gasteiger partial charge in [0.05, 0.1) is 23.0 Å². The van der Waals surface area contributed by atoms with E-state index in [4.69, 9.17) is 11.0 Å². The van der Waals surface area contributed by atoms with E-state index in [1.807, 2.05) is 23.1 Å². The summed E-state index contributed by atoms with van der Waals surface area (Å²) < 4.78 is 0. The average Bonchev–Trinajstić information content (AvgIpc) is 3.18. The lowest BCUT2D eigenvalue weighted by molar-refractivity contribution is -0.134. The number of carbonyl (C=O) groups excluding carboxylic acids is 2. The van der Waals surface area contributed by atoms with Crippen LogP contribution in [-0.4, -0.2) is 39.8 Å². The average molecular weight is 351 g/mol. The zero-order chi connectivity index (χ0) is 18.3. The van der Waals surface area contributed by atoms with Crippen molar-refractivity contribution >= 4 is 23.6 Å². The van der Waals surface area contributed by atoms with Gasteiger partial charge in [0, 0.05) is 36.3 Å². The Morgan fingerprint density at radius 2 is 2.08 bits per heavy atom. The number of anilines is 1. The molecular weight excluding hydrogens is 330 g/mol. The second-order valence-corrected chi connectivity index (χ2v) is 7.21. The Labute approximate surface area is 151 Å². The van der Waals surface area contributed by atoms with Crippen LogP contribution in [0.25, 0.3) is 6.08 Å². The van der Waals surface area contributed by atoms with Gasteiger partial charge in [0.2, 0.25) is 5.91 Å². The molecule has 2 bridgehead atoms. The summed E-state index contributed by atoms with van der Waals surface area (Å²) in [5.74, 6) is -0.559. The highest BCUT2D eigenvalue weighted by Gasteiger charge is 2.43. The monoisotopic (exact) mass is 351 g/mol. The number of nitrogens with one attached hydrogen (secondary N) is 1. The van der Waals surface area contributed by atoms with E-state index >= 15 is 0 Å². The minimum Gasteiger partial charge on any atom is -0.381 e. The first kappa shape index (κ1) is 16.6. The van der Waals surface area contributed by atoms with E-state index in [9.17, 15) is 9.59 Å². The van der Waals surface area contributed by atoms with Crippen LogP contribution in [0.15, 0.2) is 12.3 Å². The molecule has 3 heterocycles. The highest BCUT2D eigenvalue weighted by molar-refractivity contribution is 6.00. The van der Waals surface area contributed by atoms with E-state index in [0.717, 1.165) is 49.0 Å². The number of hydrogen-bond donors (Lipinski definition) is 2. The molecule has 2 saturated heterocycles. The van der Waals surface area contributed by atoms with Crippen molar-refractivity contribution in [1.82, 2.24) is 9.88 Å². The topological polar surface area (TPSA) is 112 Å². The number of nitrogens with zero attached hydrogens (tertiary/aromatic N) is 3. The maximum Gasteiger partial charge on any atom is 0.252 e. The molecule has 2 aliphatic heterocycles. The number of nitriles is 1. The SMILES string of the molecule is N#CCC(=O)N1[C@@H]2CC[C@H]1CC(Nc1c(C(N)=O)cnc3c1C=CC3)C2. The largest absolute Gasteiger partial charge is 0.381 e. The number of aromatic nitrogens is 1. The first-order valence-corrected chi connectivity index (χ1v) is 9.01. The van der Waals surface area contributed by atoms with Crippen LogP contribution in [-0.2, 0) is 11.2 Å². The van der Waals surface area contributed by atoms with Crippen molar-refractivity contribution in [3.05, 3.63) is 29.1 Å². The van der Waals surface area contributed by atoms with Crippen LogP contribution in [0.2, 0.25) is 0 Å². The van der Waals surface area contributed by atoms with Crippen LogP contribution >= 0.6 is 0 Å². The Balaban J connectivity index is 1.57. The predicted octanol–water partition coefficient (Wildman–Crippen LogP) is 1.60. The third-order valence-corrected chi connectivity index (χ3v) is 5.66. The van der Waals surface area contributed by atoms with Gasteiger partial charge in [-0.05, 0) is 25.7 Å². The predicted molar refractivity (Wildman–Crippen MR) is 96.0 cm³/mol. The quantitative estimate of drug-likeness (QED) is 0.855. The lowest BCUT2D eigenvalue weighted by Gasteiger charge is -2.39. The van der Waals surface area contributed by atoms with E-state index in [1.54, 1.807) is 6.20 Å². The second kappa shape index (κ2) is 6.45. The van der Waals surface area contributed by atoms with Crippen LogP contribution in [0, 0.1) is 11.3 Å². The summed E-state index contributed by atoms with van der Waals surface area (Å²) in [4.78, 5) is 30.3. The highest BCUT2D eigenvalue weighted by atomic mass is 16.2. The number of hydrogen-bond acceptors (Lipinski definition) is 5. The normalized spacial score (nSPS) is 25.7. The van der Waals surface area contributed by atoms with Crippen LogP contribution in [0.4, 0.5) is 5.69 Å². The number of primary amides is 1.